The fraction of sp³-hybridized carbons (Fsp3) is 0.538. The van der Waals surface area contributed by atoms with Gasteiger partial charge in [0.1, 0.15) is 5.69 Å². The fourth-order valence-corrected chi connectivity index (χ4v) is 1.95. The number of nitrogens with zero attached hydrogens (tertiary/aromatic N) is 2. The molecular formula is C13H20N2O4. The lowest BCUT2D eigenvalue weighted by Gasteiger charge is -2.28. The van der Waals surface area contributed by atoms with Crippen LogP contribution >= 0.6 is 0 Å². The average Bonchev–Trinajstić information content (AvgIpc) is 2.38. The van der Waals surface area contributed by atoms with E-state index in [1.807, 2.05) is 18.7 Å². The van der Waals surface area contributed by atoms with Gasteiger partial charge in [0.2, 0.25) is 0 Å². The number of benzene rings is 1. The molecule has 6 nitrogen and oxygen atoms in total. The standard InChI is InChI=1S/C13H20N2O4/c1-10(2)14(6-3-7-16)12-5-4-11(9-17)8-13(12)15(18)19/h4-5,8,10,16-17H,3,6-7,9H2,1-2H3. The summed E-state index contributed by atoms with van der Waals surface area (Å²) in [6.45, 7) is 4.26. The first kappa shape index (κ1) is 15.4. The van der Waals surface area contributed by atoms with Crippen LogP contribution in [0.1, 0.15) is 25.8 Å². The van der Waals surface area contributed by atoms with Crippen molar-refractivity contribution in [1.82, 2.24) is 0 Å². The van der Waals surface area contributed by atoms with E-state index in [0.717, 1.165) is 0 Å². The van der Waals surface area contributed by atoms with Crippen molar-refractivity contribution in [3.63, 3.8) is 0 Å². The number of anilines is 1. The van der Waals surface area contributed by atoms with Gasteiger partial charge < -0.3 is 15.1 Å². The molecule has 2 N–H and O–H groups in total. The van der Waals surface area contributed by atoms with Crippen molar-refractivity contribution >= 4 is 11.4 Å². The van der Waals surface area contributed by atoms with E-state index < -0.39 is 4.92 Å². The molecule has 0 saturated carbocycles. The van der Waals surface area contributed by atoms with Crippen LogP contribution in [0.2, 0.25) is 0 Å². The zero-order valence-corrected chi connectivity index (χ0v) is 11.2. The Kier molecular flexibility index (Phi) is 5.72. The van der Waals surface area contributed by atoms with Gasteiger partial charge in [-0.05, 0) is 31.9 Å². The van der Waals surface area contributed by atoms with Crippen LogP contribution in [0, 0.1) is 10.1 Å². The number of hydrogen-bond donors (Lipinski definition) is 2. The molecule has 0 spiro atoms. The molecule has 1 rings (SSSR count). The second-order valence-electron chi connectivity index (χ2n) is 4.60. The summed E-state index contributed by atoms with van der Waals surface area (Å²) in [5.41, 5.74) is 1.02. The molecule has 19 heavy (non-hydrogen) atoms. The van der Waals surface area contributed by atoms with Crippen LogP contribution in [-0.2, 0) is 6.61 Å². The summed E-state index contributed by atoms with van der Waals surface area (Å²) in [4.78, 5) is 12.6. The number of nitro benzene ring substituents is 1. The molecule has 0 amide bonds. The van der Waals surface area contributed by atoms with Gasteiger partial charge in [0.25, 0.3) is 5.69 Å². The number of aliphatic hydroxyl groups excluding tert-OH is 2. The predicted molar refractivity (Wildman–Crippen MR) is 73.2 cm³/mol. The molecule has 0 fully saturated rings. The molecule has 0 atom stereocenters. The van der Waals surface area contributed by atoms with Crippen molar-refractivity contribution in [3.8, 4) is 0 Å². The summed E-state index contributed by atoms with van der Waals surface area (Å²) < 4.78 is 0. The lowest BCUT2D eigenvalue weighted by molar-refractivity contribution is -0.384. The van der Waals surface area contributed by atoms with Crippen molar-refractivity contribution in [2.24, 2.45) is 0 Å². The highest BCUT2D eigenvalue weighted by Gasteiger charge is 2.21. The van der Waals surface area contributed by atoms with E-state index in [1.54, 1.807) is 12.1 Å². The summed E-state index contributed by atoms with van der Waals surface area (Å²) in [6.07, 6.45) is 0.553. The molecule has 1 aromatic carbocycles. The van der Waals surface area contributed by atoms with Gasteiger partial charge in [-0.15, -0.1) is 0 Å². The van der Waals surface area contributed by atoms with E-state index in [4.69, 9.17) is 10.2 Å². The summed E-state index contributed by atoms with van der Waals surface area (Å²) in [7, 11) is 0. The second kappa shape index (κ2) is 7.06. The molecule has 0 aliphatic heterocycles. The largest absolute Gasteiger partial charge is 0.396 e. The minimum Gasteiger partial charge on any atom is -0.396 e. The number of hydrogen-bond acceptors (Lipinski definition) is 5. The Morgan fingerprint density at radius 3 is 2.53 bits per heavy atom. The molecule has 0 aliphatic carbocycles. The van der Waals surface area contributed by atoms with Crippen molar-refractivity contribution in [1.29, 1.82) is 0 Å². The van der Waals surface area contributed by atoms with Gasteiger partial charge in [-0.25, -0.2) is 0 Å². The monoisotopic (exact) mass is 268 g/mol. The van der Waals surface area contributed by atoms with Crippen LogP contribution < -0.4 is 4.90 Å². The second-order valence-corrected chi connectivity index (χ2v) is 4.60. The summed E-state index contributed by atoms with van der Waals surface area (Å²) >= 11 is 0. The van der Waals surface area contributed by atoms with Crippen LogP contribution in [-0.4, -0.2) is 34.3 Å². The molecule has 1 aromatic rings. The van der Waals surface area contributed by atoms with E-state index in [1.165, 1.54) is 6.07 Å². The third-order valence-corrected chi connectivity index (χ3v) is 2.91. The molecule has 0 bridgehead atoms. The fourth-order valence-electron chi connectivity index (χ4n) is 1.95. The molecule has 0 heterocycles. The Morgan fingerprint density at radius 1 is 1.37 bits per heavy atom. The maximum Gasteiger partial charge on any atom is 0.292 e. The molecule has 106 valence electrons. The van der Waals surface area contributed by atoms with Crippen molar-refractivity contribution < 1.29 is 15.1 Å². The van der Waals surface area contributed by atoms with Gasteiger partial charge in [-0.3, -0.25) is 10.1 Å². The Morgan fingerprint density at radius 2 is 2.05 bits per heavy atom. The molecule has 0 radical (unpaired) electrons. The molecule has 0 saturated heterocycles. The quantitative estimate of drug-likeness (QED) is 0.580. The first-order chi connectivity index (χ1) is 9.01. The van der Waals surface area contributed by atoms with Crippen LogP contribution in [0.25, 0.3) is 0 Å². The van der Waals surface area contributed by atoms with E-state index in [9.17, 15) is 10.1 Å². The molecular weight excluding hydrogens is 248 g/mol. The minimum atomic E-state index is -0.442. The van der Waals surface area contributed by atoms with Gasteiger partial charge in [-0.1, -0.05) is 6.07 Å². The van der Waals surface area contributed by atoms with E-state index in [0.29, 0.717) is 24.2 Å². The van der Waals surface area contributed by atoms with Crippen LogP contribution in [0.15, 0.2) is 18.2 Å². The topological polar surface area (TPSA) is 86.8 Å². The van der Waals surface area contributed by atoms with Crippen molar-refractivity contribution in [2.45, 2.75) is 32.9 Å². The Hall–Kier alpha value is -1.66. The van der Waals surface area contributed by atoms with Crippen LogP contribution in [0.4, 0.5) is 11.4 Å². The summed E-state index contributed by atoms with van der Waals surface area (Å²) in [5, 5.41) is 29.1. The Labute approximate surface area is 112 Å². The molecule has 0 unspecified atom stereocenters. The zero-order chi connectivity index (χ0) is 14.4. The SMILES string of the molecule is CC(C)N(CCCO)c1ccc(CO)cc1[N+](=O)[O-]. The van der Waals surface area contributed by atoms with Gasteiger partial charge >= 0.3 is 0 Å². The van der Waals surface area contributed by atoms with Gasteiger partial charge in [0, 0.05) is 25.3 Å². The smallest absolute Gasteiger partial charge is 0.292 e. The van der Waals surface area contributed by atoms with Gasteiger partial charge in [0.05, 0.1) is 11.5 Å². The zero-order valence-electron chi connectivity index (χ0n) is 11.2. The molecule has 0 aliphatic rings. The molecule has 0 aromatic heterocycles. The average molecular weight is 268 g/mol. The van der Waals surface area contributed by atoms with Gasteiger partial charge in [0.15, 0.2) is 0 Å². The van der Waals surface area contributed by atoms with E-state index in [2.05, 4.69) is 0 Å². The predicted octanol–water partition coefficient (Wildman–Crippen LogP) is 1.68. The van der Waals surface area contributed by atoms with Crippen molar-refractivity contribution in [2.75, 3.05) is 18.1 Å². The van der Waals surface area contributed by atoms with Crippen LogP contribution in [0.5, 0.6) is 0 Å². The first-order valence-electron chi connectivity index (χ1n) is 6.27. The normalized spacial score (nSPS) is 10.8. The van der Waals surface area contributed by atoms with E-state index in [-0.39, 0.29) is 24.9 Å². The van der Waals surface area contributed by atoms with Crippen molar-refractivity contribution in [3.05, 3.63) is 33.9 Å². The Bertz CT molecular complexity index is 435. The number of rotatable bonds is 7. The lowest BCUT2D eigenvalue weighted by atomic mass is 10.1. The minimum absolute atomic E-state index is 0.0156. The summed E-state index contributed by atoms with van der Waals surface area (Å²) in [6, 6.07) is 4.81. The van der Waals surface area contributed by atoms with Gasteiger partial charge in [-0.2, -0.15) is 0 Å². The maximum atomic E-state index is 11.1. The third-order valence-electron chi connectivity index (χ3n) is 2.91. The maximum absolute atomic E-state index is 11.1. The lowest BCUT2D eigenvalue weighted by Crippen LogP contribution is -2.32. The first-order valence-corrected chi connectivity index (χ1v) is 6.27. The highest BCUT2D eigenvalue weighted by Crippen LogP contribution is 2.30. The highest BCUT2D eigenvalue weighted by molar-refractivity contribution is 5.64. The highest BCUT2D eigenvalue weighted by atomic mass is 16.6. The summed E-state index contributed by atoms with van der Waals surface area (Å²) in [5.74, 6) is 0. The van der Waals surface area contributed by atoms with E-state index >= 15 is 0 Å². The number of nitro groups is 1. The van der Waals surface area contributed by atoms with Crippen LogP contribution in [0.3, 0.4) is 0 Å². The number of aliphatic hydroxyl groups is 2. The molecule has 6 heteroatoms. The third kappa shape index (κ3) is 3.90. The Balaban J connectivity index is 3.17.